The fourth-order valence-electron chi connectivity index (χ4n) is 2.58. The van der Waals surface area contributed by atoms with Crippen molar-refractivity contribution in [2.75, 3.05) is 12.9 Å². The van der Waals surface area contributed by atoms with E-state index in [1.54, 1.807) is 7.11 Å². The molecule has 1 aliphatic rings. The summed E-state index contributed by atoms with van der Waals surface area (Å²) in [5.74, 6) is 2.29. The minimum atomic E-state index is 0.493. The van der Waals surface area contributed by atoms with Crippen LogP contribution >= 0.6 is 11.8 Å². The minimum Gasteiger partial charge on any atom is -0.496 e. The highest BCUT2D eigenvalue weighted by Crippen LogP contribution is 2.27. The second-order valence-corrected chi connectivity index (χ2v) is 6.54. The van der Waals surface area contributed by atoms with Crippen LogP contribution in [-0.2, 0) is 6.42 Å². The fraction of sp³-hybridized carbons (Fsp3) is 0.600. The molecule has 0 saturated carbocycles. The standard InChI is InChI=1S/C15H23NOS/c1-11(16-14-8-9-18-12(14)2)10-13-6-4-5-7-15(13)17-3/h4-7,11-12,14,16H,8-10H2,1-3H3. The Kier molecular flexibility index (Phi) is 4.95. The van der Waals surface area contributed by atoms with Gasteiger partial charge < -0.3 is 10.1 Å². The minimum absolute atomic E-state index is 0.493. The van der Waals surface area contributed by atoms with E-state index in [4.69, 9.17) is 4.74 Å². The molecule has 18 heavy (non-hydrogen) atoms. The molecule has 2 nitrogen and oxygen atoms in total. The highest BCUT2D eigenvalue weighted by molar-refractivity contribution is 8.00. The molecule has 1 aromatic rings. The number of thioether (sulfide) groups is 1. The molecule has 1 saturated heterocycles. The molecule has 1 N–H and O–H groups in total. The van der Waals surface area contributed by atoms with Gasteiger partial charge in [0.2, 0.25) is 0 Å². The maximum atomic E-state index is 5.41. The van der Waals surface area contributed by atoms with Crippen LogP contribution in [0.2, 0.25) is 0 Å². The van der Waals surface area contributed by atoms with Crippen molar-refractivity contribution in [1.29, 1.82) is 0 Å². The van der Waals surface area contributed by atoms with Gasteiger partial charge in [-0.1, -0.05) is 25.1 Å². The zero-order valence-electron chi connectivity index (χ0n) is 11.5. The Morgan fingerprint density at radius 1 is 1.44 bits per heavy atom. The molecule has 3 atom stereocenters. The summed E-state index contributed by atoms with van der Waals surface area (Å²) in [6.45, 7) is 4.59. The highest BCUT2D eigenvalue weighted by Gasteiger charge is 2.25. The summed E-state index contributed by atoms with van der Waals surface area (Å²) in [4.78, 5) is 0. The van der Waals surface area contributed by atoms with Crippen molar-refractivity contribution < 1.29 is 4.74 Å². The number of benzene rings is 1. The Balaban J connectivity index is 1.92. The topological polar surface area (TPSA) is 21.3 Å². The summed E-state index contributed by atoms with van der Waals surface area (Å²) in [5.41, 5.74) is 1.29. The van der Waals surface area contributed by atoms with Crippen molar-refractivity contribution in [3.05, 3.63) is 29.8 Å². The van der Waals surface area contributed by atoms with Crippen LogP contribution in [0.15, 0.2) is 24.3 Å². The van der Waals surface area contributed by atoms with Gasteiger partial charge in [0.05, 0.1) is 7.11 Å². The van der Waals surface area contributed by atoms with Crippen LogP contribution in [0.4, 0.5) is 0 Å². The summed E-state index contributed by atoms with van der Waals surface area (Å²) in [7, 11) is 1.74. The number of rotatable bonds is 5. The number of methoxy groups -OCH3 is 1. The van der Waals surface area contributed by atoms with Gasteiger partial charge in [-0.3, -0.25) is 0 Å². The second kappa shape index (κ2) is 6.48. The Bertz CT molecular complexity index is 383. The van der Waals surface area contributed by atoms with Gasteiger partial charge in [-0.25, -0.2) is 0 Å². The summed E-state index contributed by atoms with van der Waals surface area (Å²) in [5, 5.41) is 4.49. The van der Waals surface area contributed by atoms with E-state index in [9.17, 15) is 0 Å². The Labute approximate surface area is 114 Å². The lowest BCUT2D eigenvalue weighted by Crippen LogP contribution is -2.40. The first-order valence-corrected chi connectivity index (χ1v) is 7.75. The molecule has 1 heterocycles. The van der Waals surface area contributed by atoms with E-state index in [0.717, 1.165) is 17.4 Å². The first kappa shape index (κ1) is 13.8. The predicted molar refractivity (Wildman–Crippen MR) is 79.6 cm³/mol. The Morgan fingerprint density at radius 2 is 2.22 bits per heavy atom. The molecule has 100 valence electrons. The van der Waals surface area contributed by atoms with Gasteiger partial charge in [-0.05, 0) is 37.1 Å². The molecular weight excluding hydrogens is 242 g/mol. The van der Waals surface area contributed by atoms with Crippen molar-refractivity contribution in [1.82, 2.24) is 5.32 Å². The molecule has 0 bridgehead atoms. The van der Waals surface area contributed by atoms with E-state index < -0.39 is 0 Å². The van der Waals surface area contributed by atoms with Crippen LogP contribution in [-0.4, -0.2) is 30.2 Å². The molecular formula is C15H23NOS. The van der Waals surface area contributed by atoms with E-state index in [1.807, 2.05) is 12.1 Å². The van der Waals surface area contributed by atoms with E-state index in [1.165, 1.54) is 17.7 Å². The molecule has 3 unspecified atom stereocenters. The summed E-state index contributed by atoms with van der Waals surface area (Å²) >= 11 is 2.07. The molecule has 1 fully saturated rings. The number of nitrogens with one attached hydrogen (secondary N) is 1. The molecule has 0 aromatic heterocycles. The molecule has 1 aromatic carbocycles. The van der Waals surface area contributed by atoms with E-state index in [0.29, 0.717) is 12.1 Å². The van der Waals surface area contributed by atoms with Crippen LogP contribution in [0.3, 0.4) is 0 Å². The van der Waals surface area contributed by atoms with Crippen LogP contribution in [0.1, 0.15) is 25.8 Å². The van der Waals surface area contributed by atoms with Gasteiger partial charge >= 0.3 is 0 Å². The summed E-state index contributed by atoms with van der Waals surface area (Å²) < 4.78 is 5.41. The lowest BCUT2D eigenvalue weighted by Gasteiger charge is -2.22. The molecule has 1 aliphatic heterocycles. The third kappa shape index (κ3) is 3.42. The predicted octanol–water partition coefficient (Wildman–Crippen LogP) is 3.11. The van der Waals surface area contributed by atoms with Gasteiger partial charge in [0.1, 0.15) is 5.75 Å². The van der Waals surface area contributed by atoms with Crippen molar-refractivity contribution in [2.24, 2.45) is 0 Å². The van der Waals surface area contributed by atoms with Crippen molar-refractivity contribution >= 4 is 11.8 Å². The zero-order chi connectivity index (χ0) is 13.0. The quantitative estimate of drug-likeness (QED) is 0.884. The first-order chi connectivity index (χ1) is 8.70. The van der Waals surface area contributed by atoms with Gasteiger partial charge in [-0.2, -0.15) is 11.8 Å². The largest absolute Gasteiger partial charge is 0.496 e. The van der Waals surface area contributed by atoms with Crippen molar-refractivity contribution in [3.8, 4) is 5.75 Å². The number of para-hydroxylation sites is 1. The monoisotopic (exact) mass is 265 g/mol. The highest BCUT2D eigenvalue weighted by atomic mass is 32.2. The number of hydrogen-bond acceptors (Lipinski definition) is 3. The van der Waals surface area contributed by atoms with Gasteiger partial charge in [0, 0.05) is 17.3 Å². The fourth-order valence-corrected chi connectivity index (χ4v) is 3.79. The van der Waals surface area contributed by atoms with Crippen LogP contribution in [0.5, 0.6) is 5.75 Å². The number of ether oxygens (including phenoxy) is 1. The van der Waals surface area contributed by atoms with Crippen molar-refractivity contribution in [3.63, 3.8) is 0 Å². The molecule has 0 amide bonds. The smallest absolute Gasteiger partial charge is 0.122 e. The van der Waals surface area contributed by atoms with Crippen molar-refractivity contribution in [2.45, 2.75) is 44.0 Å². The SMILES string of the molecule is COc1ccccc1CC(C)NC1CCSC1C. The maximum Gasteiger partial charge on any atom is 0.122 e. The first-order valence-electron chi connectivity index (χ1n) is 6.70. The Hall–Kier alpha value is -0.670. The average molecular weight is 265 g/mol. The van der Waals surface area contributed by atoms with Gasteiger partial charge in [-0.15, -0.1) is 0 Å². The summed E-state index contributed by atoms with van der Waals surface area (Å²) in [6, 6.07) is 9.46. The van der Waals surface area contributed by atoms with Crippen LogP contribution < -0.4 is 10.1 Å². The zero-order valence-corrected chi connectivity index (χ0v) is 12.3. The lowest BCUT2D eigenvalue weighted by atomic mass is 10.0. The van der Waals surface area contributed by atoms with Crippen LogP contribution in [0.25, 0.3) is 0 Å². The van der Waals surface area contributed by atoms with E-state index >= 15 is 0 Å². The average Bonchev–Trinajstić information content (AvgIpc) is 2.75. The van der Waals surface area contributed by atoms with E-state index in [2.05, 4.69) is 43.1 Å². The Morgan fingerprint density at radius 3 is 2.89 bits per heavy atom. The third-order valence-corrected chi connectivity index (χ3v) is 4.92. The second-order valence-electron chi connectivity index (χ2n) is 5.05. The normalized spacial score (nSPS) is 25.1. The molecule has 0 aliphatic carbocycles. The number of hydrogen-bond donors (Lipinski definition) is 1. The maximum absolute atomic E-state index is 5.41. The van der Waals surface area contributed by atoms with Gasteiger partial charge in [0.25, 0.3) is 0 Å². The molecule has 3 heteroatoms. The lowest BCUT2D eigenvalue weighted by molar-refractivity contribution is 0.400. The molecule has 0 radical (unpaired) electrons. The van der Waals surface area contributed by atoms with Crippen LogP contribution in [0, 0.1) is 0 Å². The third-order valence-electron chi connectivity index (χ3n) is 3.59. The molecule has 2 rings (SSSR count). The summed E-state index contributed by atoms with van der Waals surface area (Å²) in [6.07, 6.45) is 2.32. The van der Waals surface area contributed by atoms with E-state index in [-0.39, 0.29) is 0 Å². The van der Waals surface area contributed by atoms with Gasteiger partial charge in [0.15, 0.2) is 0 Å². The molecule has 0 spiro atoms.